The summed E-state index contributed by atoms with van der Waals surface area (Å²) in [5.74, 6) is 0.435. The number of ether oxygens (including phenoxy) is 4. The van der Waals surface area contributed by atoms with E-state index in [9.17, 15) is 5.11 Å². The number of nitrogens with zero attached hydrogens (tertiary/aromatic N) is 2. The second-order valence-corrected chi connectivity index (χ2v) is 7.25. The van der Waals surface area contributed by atoms with Gasteiger partial charge in [-0.05, 0) is 30.4 Å². The predicted molar refractivity (Wildman–Crippen MR) is 105 cm³/mol. The molecule has 0 amide bonds. The van der Waals surface area contributed by atoms with Crippen LogP contribution in [-0.2, 0) is 31.8 Å². The van der Waals surface area contributed by atoms with Crippen molar-refractivity contribution in [3.05, 3.63) is 41.0 Å². The third-order valence-electron chi connectivity index (χ3n) is 5.27. The Hall–Kier alpha value is -1.93. The van der Waals surface area contributed by atoms with Crippen molar-refractivity contribution in [2.24, 2.45) is 4.99 Å². The Kier molecular flexibility index (Phi) is 6.26. The van der Waals surface area contributed by atoms with E-state index in [0.717, 1.165) is 43.7 Å². The van der Waals surface area contributed by atoms with Gasteiger partial charge in [0.15, 0.2) is 0 Å². The van der Waals surface area contributed by atoms with Crippen LogP contribution in [0, 0.1) is 0 Å². The van der Waals surface area contributed by atoms with E-state index >= 15 is 0 Å². The van der Waals surface area contributed by atoms with Gasteiger partial charge in [-0.25, -0.2) is 0 Å². The summed E-state index contributed by atoms with van der Waals surface area (Å²) < 4.78 is 22.0. The summed E-state index contributed by atoms with van der Waals surface area (Å²) in [5, 5.41) is 10.5. The first-order chi connectivity index (χ1) is 13.7. The van der Waals surface area contributed by atoms with E-state index in [-0.39, 0.29) is 6.10 Å². The lowest BCUT2D eigenvalue weighted by atomic mass is 9.92. The molecule has 1 fully saturated rings. The fourth-order valence-electron chi connectivity index (χ4n) is 3.82. The number of aryl methyl sites for hydroxylation is 1. The number of methoxy groups -OCH3 is 1. The van der Waals surface area contributed by atoms with E-state index < -0.39 is 6.35 Å². The molecule has 2 atom stereocenters. The number of hydrogen-bond donors (Lipinski definition) is 1. The molecule has 3 aliphatic heterocycles. The molecule has 0 aliphatic carbocycles. The summed E-state index contributed by atoms with van der Waals surface area (Å²) in [7, 11) is 1.73. The SMILES string of the molecule is COCCCc1ccc2c(c1)CCN1C2=CC(OC[C@@H]2COCCO2)=NC1O. The van der Waals surface area contributed by atoms with Crippen LogP contribution in [0.3, 0.4) is 0 Å². The molecular formula is C21H28N2O5. The third kappa shape index (κ3) is 4.38. The standard InChI is InChI=1S/C21H28N2O5/c1-25-8-2-3-15-4-5-18-16(11-15)6-7-23-19(18)12-20(22-21(23)24)28-14-17-13-26-9-10-27-17/h4-5,11-12,17,21,24H,2-3,6-10,13-14H2,1H3/t17-,21?/m0/s1. The van der Waals surface area contributed by atoms with Gasteiger partial charge in [0.05, 0.1) is 25.5 Å². The van der Waals surface area contributed by atoms with Gasteiger partial charge in [0.2, 0.25) is 12.2 Å². The fraction of sp³-hybridized carbons (Fsp3) is 0.571. The predicted octanol–water partition coefficient (Wildman–Crippen LogP) is 1.58. The first-order valence-corrected chi connectivity index (χ1v) is 9.92. The average molecular weight is 388 g/mol. The van der Waals surface area contributed by atoms with Crippen molar-refractivity contribution >= 4 is 11.6 Å². The van der Waals surface area contributed by atoms with Crippen molar-refractivity contribution in [2.75, 3.05) is 46.7 Å². The maximum absolute atomic E-state index is 10.5. The molecule has 1 saturated heterocycles. The summed E-state index contributed by atoms with van der Waals surface area (Å²) in [5.41, 5.74) is 4.72. The average Bonchev–Trinajstić information content (AvgIpc) is 2.73. The Morgan fingerprint density at radius 2 is 2.25 bits per heavy atom. The van der Waals surface area contributed by atoms with Gasteiger partial charge in [0.25, 0.3) is 0 Å². The number of aliphatic hydroxyl groups is 1. The van der Waals surface area contributed by atoms with Gasteiger partial charge >= 0.3 is 0 Å². The molecule has 7 heteroatoms. The Labute approximate surface area is 165 Å². The van der Waals surface area contributed by atoms with Crippen LogP contribution in [0.4, 0.5) is 0 Å². The minimum absolute atomic E-state index is 0.0988. The van der Waals surface area contributed by atoms with E-state index in [1.54, 1.807) is 7.11 Å². The first kappa shape index (κ1) is 19.4. The normalized spacial score (nSPS) is 24.1. The van der Waals surface area contributed by atoms with Crippen LogP contribution in [0.2, 0.25) is 0 Å². The van der Waals surface area contributed by atoms with Gasteiger partial charge in [0.1, 0.15) is 12.7 Å². The summed E-state index contributed by atoms with van der Waals surface area (Å²) in [4.78, 5) is 6.20. The molecule has 1 aromatic rings. The second kappa shape index (κ2) is 9.05. The summed E-state index contributed by atoms with van der Waals surface area (Å²) >= 11 is 0. The highest BCUT2D eigenvalue weighted by molar-refractivity contribution is 5.97. The van der Waals surface area contributed by atoms with Crippen LogP contribution in [0.1, 0.15) is 23.1 Å². The van der Waals surface area contributed by atoms with Crippen LogP contribution >= 0.6 is 0 Å². The summed E-state index contributed by atoms with van der Waals surface area (Å²) in [6.07, 6.45) is 3.80. The molecule has 1 aromatic carbocycles. The zero-order valence-corrected chi connectivity index (χ0v) is 16.3. The number of rotatable bonds is 6. The number of benzene rings is 1. The lowest BCUT2D eigenvalue weighted by Gasteiger charge is -2.37. The van der Waals surface area contributed by atoms with Crippen LogP contribution in [0.5, 0.6) is 0 Å². The smallest absolute Gasteiger partial charge is 0.229 e. The van der Waals surface area contributed by atoms with Crippen molar-refractivity contribution in [2.45, 2.75) is 31.7 Å². The number of aliphatic imine (C=N–C) groups is 1. The maximum atomic E-state index is 10.5. The van der Waals surface area contributed by atoms with Crippen molar-refractivity contribution in [3.63, 3.8) is 0 Å². The molecule has 7 nitrogen and oxygen atoms in total. The highest BCUT2D eigenvalue weighted by Gasteiger charge is 2.30. The molecule has 0 aromatic heterocycles. The molecule has 0 spiro atoms. The van der Waals surface area contributed by atoms with E-state index in [4.69, 9.17) is 18.9 Å². The van der Waals surface area contributed by atoms with E-state index in [2.05, 4.69) is 23.2 Å². The zero-order valence-electron chi connectivity index (χ0n) is 16.3. The molecule has 0 saturated carbocycles. The Balaban J connectivity index is 1.48. The Morgan fingerprint density at radius 1 is 1.32 bits per heavy atom. The molecule has 152 valence electrons. The maximum Gasteiger partial charge on any atom is 0.229 e. The van der Waals surface area contributed by atoms with Crippen LogP contribution in [0.25, 0.3) is 5.70 Å². The molecular weight excluding hydrogens is 360 g/mol. The largest absolute Gasteiger partial charge is 0.475 e. The topological polar surface area (TPSA) is 72.8 Å². The van der Waals surface area contributed by atoms with Gasteiger partial charge in [-0.15, -0.1) is 0 Å². The summed E-state index contributed by atoms with van der Waals surface area (Å²) in [6, 6.07) is 6.57. The highest BCUT2D eigenvalue weighted by Crippen LogP contribution is 2.33. The van der Waals surface area contributed by atoms with Crippen molar-refractivity contribution in [3.8, 4) is 0 Å². The number of aliphatic hydroxyl groups excluding tert-OH is 1. The summed E-state index contributed by atoms with van der Waals surface area (Å²) in [6.45, 7) is 3.60. The zero-order chi connectivity index (χ0) is 19.3. The minimum atomic E-state index is -0.923. The minimum Gasteiger partial charge on any atom is -0.475 e. The van der Waals surface area contributed by atoms with Gasteiger partial charge < -0.3 is 29.0 Å². The second-order valence-electron chi connectivity index (χ2n) is 7.25. The van der Waals surface area contributed by atoms with E-state index in [0.29, 0.717) is 32.3 Å². The van der Waals surface area contributed by atoms with Crippen LogP contribution < -0.4 is 0 Å². The van der Waals surface area contributed by atoms with Gasteiger partial charge in [0, 0.05) is 31.9 Å². The first-order valence-electron chi connectivity index (χ1n) is 9.92. The highest BCUT2D eigenvalue weighted by atomic mass is 16.6. The van der Waals surface area contributed by atoms with E-state index in [1.807, 2.05) is 11.0 Å². The van der Waals surface area contributed by atoms with Crippen molar-refractivity contribution in [1.82, 2.24) is 4.90 Å². The number of hydrogen-bond acceptors (Lipinski definition) is 7. The molecule has 3 aliphatic rings. The lowest BCUT2D eigenvalue weighted by Crippen LogP contribution is -2.41. The van der Waals surface area contributed by atoms with Gasteiger partial charge in [-0.3, -0.25) is 0 Å². The van der Waals surface area contributed by atoms with Gasteiger partial charge in [-0.2, -0.15) is 4.99 Å². The number of fused-ring (bicyclic) bond motifs is 3. The fourth-order valence-corrected chi connectivity index (χ4v) is 3.82. The van der Waals surface area contributed by atoms with Crippen LogP contribution in [0.15, 0.2) is 29.3 Å². The van der Waals surface area contributed by atoms with E-state index in [1.165, 1.54) is 11.1 Å². The molecule has 0 bridgehead atoms. The molecule has 1 N–H and O–H groups in total. The molecule has 0 radical (unpaired) electrons. The van der Waals surface area contributed by atoms with Gasteiger partial charge in [-0.1, -0.05) is 18.2 Å². The quantitative estimate of drug-likeness (QED) is 0.746. The van der Waals surface area contributed by atoms with Crippen molar-refractivity contribution < 1.29 is 24.1 Å². The lowest BCUT2D eigenvalue weighted by molar-refractivity contribution is -0.103. The molecule has 1 unspecified atom stereocenters. The monoisotopic (exact) mass is 388 g/mol. The Bertz CT molecular complexity index is 742. The van der Waals surface area contributed by atoms with Crippen molar-refractivity contribution in [1.29, 1.82) is 0 Å². The van der Waals surface area contributed by atoms with Crippen LogP contribution in [-0.4, -0.2) is 75.0 Å². The molecule has 28 heavy (non-hydrogen) atoms. The molecule has 3 heterocycles. The third-order valence-corrected chi connectivity index (χ3v) is 5.27. The molecule has 4 rings (SSSR count). The Morgan fingerprint density at radius 3 is 3.07 bits per heavy atom.